The summed E-state index contributed by atoms with van der Waals surface area (Å²) in [6.07, 6.45) is 0. The fourth-order valence-corrected chi connectivity index (χ4v) is 0. The molecule has 0 amide bonds. The topological polar surface area (TPSA) is 57.5 Å². The van der Waals surface area contributed by atoms with Gasteiger partial charge in [-0.3, -0.25) is 4.57 Å². The van der Waals surface area contributed by atoms with E-state index in [0.29, 0.717) is 0 Å². The molecule has 0 fully saturated rings. The molecule has 34 valence electrons. The summed E-state index contributed by atoms with van der Waals surface area (Å²) in [4.78, 5) is 14.3. The van der Waals surface area contributed by atoms with Crippen LogP contribution in [0.15, 0.2) is 0 Å². The van der Waals surface area contributed by atoms with Crippen LogP contribution in [-0.2, 0) is 4.57 Å². The Bertz CT molecular complexity index is 33.8. The Morgan fingerprint density at radius 1 is 1.33 bits per heavy atom. The molecule has 0 saturated carbocycles. The summed E-state index contributed by atoms with van der Waals surface area (Å²) in [6, 6.07) is 0. The van der Waals surface area contributed by atoms with Gasteiger partial charge in [-0.2, -0.15) is 0 Å². The van der Waals surface area contributed by atoms with Gasteiger partial charge in [0.1, 0.15) is 0 Å². The van der Waals surface area contributed by atoms with E-state index in [4.69, 9.17) is 14.4 Å². The van der Waals surface area contributed by atoms with Crippen molar-refractivity contribution in [3.8, 4) is 0 Å². The van der Waals surface area contributed by atoms with Crippen molar-refractivity contribution < 1.29 is 67.9 Å². The van der Waals surface area contributed by atoms with E-state index in [1.54, 1.807) is 0 Å². The molecule has 3 nitrogen and oxygen atoms in total. The molecule has 0 aromatic rings. The molecule has 0 unspecified atom stereocenters. The molecule has 0 spiro atoms. The molecule has 0 rings (SSSR count). The van der Waals surface area contributed by atoms with Crippen molar-refractivity contribution in [3.63, 3.8) is 0 Å². The molecular weight excluding hydrogens is 229 g/mol. The van der Waals surface area contributed by atoms with Crippen molar-refractivity contribution in [1.29, 1.82) is 0 Å². The SMILES string of the molecule is O=[PH](O)O.[I-].[Na+]. The molecule has 0 radical (unpaired) electrons. The zero-order valence-corrected chi connectivity index (χ0v) is 8.34. The van der Waals surface area contributed by atoms with Gasteiger partial charge in [0.15, 0.2) is 0 Å². The molecule has 0 bridgehead atoms. The van der Waals surface area contributed by atoms with Crippen molar-refractivity contribution in [2.75, 3.05) is 0 Å². The maximum Gasteiger partial charge on any atom is 1.00 e. The molecule has 0 heterocycles. The van der Waals surface area contributed by atoms with E-state index < -0.39 is 8.25 Å². The Morgan fingerprint density at radius 2 is 1.33 bits per heavy atom. The van der Waals surface area contributed by atoms with Crippen LogP contribution in [0.4, 0.5) is 0 Å². The largest absolute Gasteiger partial charge is 1.00 e. The second-order valence-corrected chi connectivity index (χ2v) is 0.848. The molecule has 0 aliphatic rings. The van der Waals surface area contributed by atoms with Crippen LogP contribution in [0.5, 0.6) is 0 Å². The zero-order chi connectivity index (χ0) is 3.58. The van der Waals surface area contributed by atoms with Gasteiger partial charge >= 0.3 is 37.8 Å². The van der Waals surface area contributed by atoms with Gasteiger partial charge < -0.3 is 33.8 Å². The minimum absolute atomic E-state index is 0. The molecule has 0 aliphatic heterocycles. The van der Waals surface area contributed by atoms with E-state index in [1.165, 1.54) is 0 Å². The van der Waals surface area contributed by atoms with Gasteiger partial charge in [-0.1, -0.05) is 0 Å². The third kappa shape index (κ3) is 39.6. The average molecular weight is 232 g/mol. The van der Waals surface area contributed by atoms with Crippen LogP contribution < -0.4 is 53.5 Å². The monoisotopic (exact) mass is 232 g/mol. The number of rotatable bonds is 0. The van der Waals surface area contributed by atoms with E-state index in [2.05, 4.69) is 0 Å². The van der Waals surface area contributed by atoms with Crippen molar-refractivity contribution in [2.45, 2.75) is 0 Å². The van der Waals surface area contributed by atoms with Gasteiger partial charge in [0, 0.05) is 0 Å². The van der Waals surface area contributed by atoms with Crippen LogP contribution in [0.1, 0.15) is 0 Å². The van der Waals surface area contributed by atoms with E-state index in [1.807, 2.05) is 0 Å². The summed E-state index contributed by atoms with van der Waals surface area (Å²) < 4.78 is 8.74. The van der Waals surface area contributed by atoms with Crippen molar-refractivity contribution in [2.24, 2.45) is 0 Å². The number of hydrogen-bond donors (Lipinski definition) is 2. The summed E-state index contributed by atoms with van der Waals surface area (Å²) in [5.41, 5.74) is 0. The molecule has 0 aromatic heterocycles. The quantitative estimate of drug-likeness (QED) is 0.248. The van der Waals surface area contributed by atoms with Crippen molar-refractivity contribution >= 4 is 8.25 Å². The van der Waals surface area contributed by atoms with Crippen LogP contribution in [-0.4, -0.2) is 9.79 Å². The minimum Gasteiger partial charge on any atom is -1.00 e. The Morgan fingerprint density at radius 3 is 1.33 bits per heavy atom. The maximum absolute atomic E-state index is 8.74. The third-order valence-corrected chi connectivity index (χ3v) is 0. The fourth-order valence-electron chi connectivity index (χ4n) is 0. The van der Waals surface area contributed by atoms with Crippen molar-refractivity contribution in [3.05, 3.63) is 0 Å². The fraction of sp³-hybridized carbons (Fsp3) is 0. The Balaban J connectivity index is -0.0000000450. The maximum atomic E-state index is 8.74. The third-order valence-electron chi connectivity index (χ3n) is 0. The molecule has 6 heavy (non-hydrogen) atoms. The Labute approximate surface area is 75.4 Å². The van der Waals surface area contributed by atoms with E-state index in [0.717, 1.165) is 0 Å². The normalized spacial score (nSPS) is 5.83. The van der Waals surface area contributed by atoms with Gasteiger partial charge in [0.2, 0.25) is 0 Å². The average Bonchev–Trinajstić information content (AvgIpc) is 0.811. The van der Waals surface area contributed by atoms with Gasteiger partial charge in [0.05, 0.1) is 0 Å². The predicted octanol–water partition coefficient (Wildman–Crippen LogP) is -6.63. The van der Waals surface area contributed by atoms with Crippen LogP contribution >= 0.6 is 8.25 Å². The molecule has 2 N–H and O–H groups in total. The zero-order valence-electron chi connectivity index (χ0n) is 3.18. The van der Waals surface area contributed by atoms with E-state index in [-0.39, 0.29) is 53.5 Å². The molecule has 0 saturated heterocycles. The van der Waals surface area contributed by atoms with Crippen LogP contribution in [0.25, 0.3) is 0 Å². The molecule has 0 atom stereocenters. The summed E-state index contributed by atoms with van der Waals surface area (Å²) in [7, 11) is -3.13. The predicted molar refractivity (Wildman–Crippen MR) is 13.4 cm³/mol. The Kier molecular flexibility index (Phi) is 26.1. The van der Waals surface area contributed by atoms with Gasteiger partial charge in [0.25, 0.3) is 0 Å². The Hall–Kier alpha value is 1.88. The minimum atomic E-state index is -3.13. The van der Waals surface area contributed by atoms with E-state index in [9.17, 15) is 0 Å². The summed E-state index contributed by atoms with van der Waals surface area (Å²) >= 11 is 0. The van der Waals surface area contributed by atoms with Gasteiger partial charge in [-0.05, 0) is 0 Å². The summed E-state index contributed by atoms with van der Waals surface area (Å²) in [5.74, 6) is 0. The van der Waals surface area contributed by atoms with Gasteiger partial charge in [-0.15, -0.1) is 0 Å². The second-order valence-electron chi connectivity index (χ2n) is 0.283. The van der Waals surface area contributed by atoms with E-state index >= 15 is 0 Å². The first kappa shape index (κ1) is 15.7. The second kappa shape index (κ2) is 9.99. The van der Waals surface area contributed by atoms with Crippen LogP contribution in [0, 0.1) is 0 Å². The first-order valence-corrected chi connectivity index (χ1v) is 1.95. The molecule has 6 heteroatoms. The number of halogens is 1. The molecular formula is H3INaO3P. The first-order valence-electron chi connectivity index (χ1n) is 0.651. The first-order chi connectivity index (χ1) is 1.73. The van der Waals surface area contributed by atoms with Crippen LogP contribution in [0.2, 0.25) is 0 Å². The molecule has 0 aromatic carbocycles. The standard InChI is InChI=1S/HI.Na.H3O3P/c;;1-4(2)3/h1H;;4H,(H2,1,2,3)/q;+1;/p-1. The number of hydrogen-bond acceptors (Lipinski definition) is 1. The van der Waals surface area contributed by atoms with Gasteiger partial charge in [-0.25, -0.2) is 0 Å². The van der Waals surface area contributed by atoms with Crippen LogP contribution in [0.3, 0.4) is 0 Å². The molecule has 0 aliphatic carbocycles. The smallest absolute Gasteiger partial charge is 1.00 e. The van der Waals surface area contributed by atoms with Crippen molar-refractivity contribution in [1.82, 2.24) is 0 Å². The summed E-state index contributed by atoms with van der Waals surface area (Å²) in [6.45, 7) is 0. The summed E-state index contributed by atoms with van der Waals surface area (Å²) in [5, 5.41) is 0.